The Bertz CT molecular complexity index is 202. The van der Waals surface area contributed by atoms with Gasteiger partial charge in [0.1, 0.15) is 0 Å². The average Bonchev–Trinajstić information content (AvgIpc) is 2.01. The Labute approximate surface area is 73.2 Å². The predicted molar refractivity (Wildman–Crippen MR) is 51.0 cm³/mol. The van der Waals surface area contributed by atoms with Crippen molar-refractivity contribution in [2.24, 2.45) is 10.9 Å². The third kappa shape index (κ3) is 2.96. The van der Waals surface area contributed by atoms with Crippen molar-refractivity contribution in [3.8, 4) is 0 Å². The van der Waals surface area contributed by atoms with Crippen LogP contribution in [0.5, 0.6) is 0 Å². The van der Waals surface area contributed by atoms with Crippen molar-refractivity contribution in [2.45, 2.75) is 26.2 Å². The highest BCUT2D eigenvalue weighted by Crippen LogP contribution is 2.22. The maximum absolute atomic E-state index is 4.51. The molecule has 0 spiro atoms. The van der Waals surface area contributed by atoms with Gasteiger partial charge in [-0.1, -0.05) is 11.6 Å². The van der Waals surface area contributed by atoms with Crippen LogP contribution in [-0.2, 0) is 0 Å². The van der Waals surface area contributed by atoms with Crippen molar-refractivity contribution in [2.75, 3.05) is 6.54 Å². The van der Waals surface area contributed by atoms with Gasteiger partial charge in [-0.2, -0.15) is 0 Å². The molecule has 0 N–H and O–H groups in total. The molecule has 0 saturated heterocycles. The summed E-state index contributed by atoms with van der Waals surface area (Å²) in [6.07, 6.45) is 6.15. The Morgan fingerprint density at radius 2 is 2.64 bits per heavy atom. The van der Waals surface area contributed by atoms with E-state index in [1.165, 1.54) is 24.8 Å². The van der Waals surface area contributed by atoms with Gasteiger partial charge >= 0.3 is 0 Å². The molecule has 0 fully saturated rings. The van der Waals surface area contributed by atoms with Gasteiger partial charge in [0.2, 0.25) is 0 Å². The van der Waals surface area contributed by atoms with Gasteiger partial charge in [0.05, 0.1) is 11.7 Å². The molecule has 1 aliphatic rings. The Kier molecular flexibility index (Phi) is 3.47. The number of thiocarbonyl (C=S) groups is 1. The summed E-state index contributed by atoms with van der Waals surface area (Å²) in [6, 6.07) is 0. The summed E-state index contributed by atoms with van der Waals surface area (Å²) in [5.41, 5.74) is 1.50. The molecular weight excluding hydrogens is 154 g/mol. The van der Waals surface area contributed by atoms with E-state index in [9.17, 15) is 0 Å². The van der Waals surface area contributed by atoms with Gasteiger partial charge in [-0.25, -0.2) is 4.99 Å². The third-order valence-electron chi connectivity index (χ3n) is 2.06. The predicted octanol–water partition coefficient (Wildman–Crippen LogP) is 2.84. The van der Waals surface area contributed by atoms with Crippen LogP contribution in [0.4, 0.5) is 0 Å². The standard InChI is InChI=1S/C9H13NS/c1-8-3-2-4-9(5-8)6-10-7-11/h5,9H,2-4,6H2,1H3. The average molecular weight is 167 g/mol. The van der Waals surface area contributed by atoms with E-state index in [0.29, 0.717) is 5.92 Å². The number of rotatable bonds is 2. The summed E-state index contributed by atoms with van der Waals surface area (Å²) >= 11 is 4.51. The van der Waals surface area contributed by atoms with E-state index in [2.05, 4.69) is 35.4 Å². The summed E-state index contributed by atoms with van der Waals surface area (Å²) in [7, 11) is 0. The van der Waals surface area contributed by atoms with Crippen LogP contribution in [0.1, 0.15) is 26.2 Å². The fraction of sp³-hybridized carbons (Fsp3) is 0.667. The van der Waals surface area contributed by atoms with E-state index in [4.69, 9.17) is 0 Å². The van der Waals surface area contributed by atoms with Crippen molar-refractivity contribution in [3.63, 3.8) is 0 Å². The molecule has 0 bridgehead atoms. The second kappa shape index (κ2) is 4.42. The van der Waals surface area contributed by atoms with Crippen LogP contribution in [0, 0.1) is 5.92 Å². The van der Waals surface area contributed by atoms with Gasteiger partial charge in [-0.05, 0) is 44.3 Å². The molecule has 1 aliphatic carbocycles. The summed E-state index contributed by atoms with van der Waals surface area (Å²) in [6.45, 7) is 3.02. The smallest absolute Gasteiger partial charge is 0.0585 e. The number of hydrogen-bond donors (Lipinski definition) is 0. The Morgan fingerprint density at radius 1 is 1.82 bits per heavy atom. The molecule has 11 heavy (non-hydrogen) atoms. The van der Waals surface area contributed by atoms with E-state index in [1.807, 2.05) is 0 Å². The first-order valence-corrected chi connectivity index (χ1v) is 4.44. The van der Waals surface area contributed by atoms with Crippen molar-refractivity contribution < 1.29 is 0 Å². The summed E-state index contributed by atoms with van der Waals surface area (Å²) in [5, 5.41) is 2.41. The first kappa shape index (κ1) is 8.63. The fourth-order valence-electron chi connectivity index (χ4n) is 1.51. The van der Waals surface area contributed by atoms with E-state index in [-0.39, 0.29) is 0 Å². The van der Waals surface area contributed by atoms with Crippen molar-refractivity contribution in [1.29, 1.82) is 0 Å². The highest BCUT2D eigenvalue weighted by molar-refractivity contribution is 7.78. The van der Waals surface area contributed by atoms with Crippen molar-refractivity contribution in [1.82, 2.24) is 0 Å². The molecule has 1 nitrogen and oxygen atoms in total. The second-order valence-electron chi connectivity index (χ2n) is 3.10. The number of allylic oxidation sites excluding steroid dienone is 1. The number of nitrogens with zero attached hydrogens (tertiary/aromatic N) is 1. The SMILES string of the molecule is CC1=CC(CN=C=S)CCC1. The molecule has 1 rings (SSSR count). The number of hydrogen-bond acceptors (Lipinski definition) is 2. The van der Waals surface area contributed by atoms with Gasteiger partial charge in [0.15, 0.2) is 0 Å². The normalized spacial score (nSPS) is 23.7. The minimum Gasteiger partial charge on any atom is -0.232 e. The molecule has 0 aromatic carbocycles. The molecule has 0 saturated carbocycles. The topological polar surface area (TPSA) is 12.4 Å². The second-order valence-corrected chi connectivity index (χ2v) is 3.28. The highest BCUT2D eigenvalue weighted by atomic mass is 32.1. The molecular formula is C9H13NS. The van der Waals surface area contributed by atoms with Crippen molar-refractivity contribution >= 4 is 17.4 Å². The van der Waals surface area contributed by atoms with E-state index < -0.39 is 0 Å². The van der Waals surface area contributed by atoms with Crippen LogP contribution in [0.25, 0.3) is 0 Å². The van der Waals surface area contributed by atoms with Crippen LogP contribution >= 0.6 is 12.2 Å². The summed E-state index contributed by atoms with van der Waals surface area (Å²) in [4.78, 5) is 3.95. The lowest BCUT2D eigenvalue weighted by Gasteiger charge is -2.16. The lowest BCUT2D eigenvalue weighted by atomic mass is 9.91. The largest absolute Gasteiger partial charge is 0.232 e. The molecule has 0 aliphatic heterocycles. The molecule has 1 unspecified atom stereocenters. The van der Waals surface area contributed by atoms with Crippen LogP contribution in [0.2, 0.25) is 0 Å². The lowest BCUT2D eigenvalue weighted by molar-refractivity contribution is 0.539. The number of isothiocyanates is 1. The van der Waals surface area contributed by atoms with Crippen molar-refractivity contribution in [3.05, 3.63) is 11.6 Å². The maximum Gasteiger partial charge on any atom is 0.0585 e. The summed E-state index contributed by atoms with van der Waals surface area (Å²) < 4.78 is 0. The molecule has 0 heterocycles. The molecule has 2 heteroatoms. The minimum absolute atomic E-state index is 0.624. The molecule has 0 amide bonds. The Balaban J connectivity index is 2.45. The van der Waals surface area contributed by atoms with Crippen LogP contribution in [0.3, 0.4) is 0 Å². The first-order valence-electron chi connectivity index (χ1n) is 4.04. The van der Waals surface area contributed by atoms with Crippen LogP contribution < -0.4 is 0 Å². The zero-order valence-corrected chi connectivity index (χ0v) is 7.66. The van der Waals surface area contributed by atoms with Crippen LogP contribution in [-0.4, -0.2) is 11.7 Å². The quantitative estimate of drug-likeness (QED) is 0.350. The molecule has 1 atom stereocenters. The maximum atomic E-state index is 4.51. The lowest BCUT2D eigenvalue weighted by Crippen LogP contribution is -2.06. The van der Waals surface area contributed by atoms with Gasteiger partial charge < -0.3 is 0 Å². The van der Waals surface area contributed by atoms with Gasteiger partial charge in [-0.3, -0.25) is 0 Å². The minimum atomic E-state index is 0.624. The van der Waals surface area contributed by atoms with Gasteiger partial charge in [0.25, 0.3) is 0 Å². The first-order chi connectivity index (χ1) is 5.33. The zero-order valence-electron chi connectivity index (χ0n) is 6.84. The molecule has 0 radical (unpaired) electrons. The highest BCUT2D eigenvalue weighted by Gasteiger charge is 2.09. The van der Waals surface area contributed by atoms with E-state index in [1.54, 1.807) is 0 Å². The third-order valence-corrected chi connectivity index (χ3v) is 2.19. The monoisotopic (exact) mass is 167 g/mol. The number of aliphatic imine (C=N–C) groups is 1. The van der Waals surface area contributed by atoms with E-state index in [0.717, 1.165) is 6.54 Å². The van der Waals surface area contributed by atoms with E-state index >= 15 is 0 Å². The van der Waals surface area contributed by atoms with Crippen LogP contribution in [0.15, 0.2) is 16.6 Å². The molecule has 0 aromatic heterocycles. The summed E-state index contributed by atoms with van der Waals surface area (Å²) in [5.74, 6) is 0.624. The zero-order chi connectivity index (χ0) is 8.10. The van der Waals surface area contributed by atoms with Gasteiger partial charge in [0, 0.05) is 0 Å². The fourth-order valence-corrected chi connectivity index (χ4v) is 1.59. The van der Waals surface area contributed by atoms with Gasteiger partial charge in [-0.15, -0.1) is 0 Å². The Hall–Kier alpha value is -0.460. The molecule has 0 aromatic rings. The molecule has 60 valence electrons. The Morgan fingerprint density at radius 3 is 3.27 bits per heavy atom.